The molecule has 90 valence electrons. The number of hydrogen-bond acceptors (Lipinski definition) is 3. The number of nitrogens with one attached hydrogen (secondary N) is 2. The molecule has 0 aliphatic heterocycles. The van der Waals surface area contributed by atoms with Crippen molar-refractivity contribution in [2.24, 2.45) is 5.73 Å². The molecule has 0 aliphatic carbocycles. The molecule has 1 aromatic rings. The number of aromatic nitrogens is 2. The van der Waals surface area contributed by atoms with Gasteiger partial charge in [-0.15, -0.1) is 0 Å². The number of hydrogen-bond donors (Lipinski definition) is 3. The van der Waals surface area contributed by atoms with Gasteiger partial charge < -0.3 is 16.0 Å². The maximum absolute atomic E-state index is 11.7. The van der Waals surface area contributed by atoms with Crippen LogP contribution in [0.3, 0.4) is 0 Å². The Morgan fingerprint density at radius 3 is 2.88 bits per heavy atom. The molecule has 1 aromatic heterocycles. The molecule has 2 atom stereocenters. The normalized spacial score (nSPS) is 14.4. The van der Waals surface area contributed by atoms with Crippen LogP contribution in [-0.2, 0) is 4.79 Å². The first-order valence-electron chi connectivity index (χ1n) is 5.74. The van der Waals surface area contributed by atoms with Gasteiger partial charge in [-0.2, -0.15) is 0 Å². The Kier molecular flexibility index (Phi) is 4.98. The SMILES string of the molecule is CCCC(N)C(=O)NC(CC)c1ncc[nH]1. The second kappa shape index (κ2) is 6.27. The molecule has 0 fully saturated rings. The summed E-state index contributed by atoms with van der Waals surface area (Å²) in [7, 11) is 0. The molecule has 0 bridgehead atoms. The van der Waals surface area contributed by atoms with Gasteiger partial charge in [-0.25, -0.2) is 4.98 Å². The highest BCUT2D eigenvalue weighted by Gasteiger charge is 2.18. The average molecular weight is 224 g/mol. The molecule has 0 radical (unpaired) electrons. The Labute approximate surface area is 95.8 Å². The third-order valence-electron chi connectivity index (χ3n) is 2.51. The number of nitrogens with two attached hydrogens (primary N) is 1. The van der Waals surface area contributed by atoms with Gasteiger partial charge in [0.15, 0.2) is 0 Å². The molecular weight excluding hydrogens is 204 g/mol. The van der Waals surface area contributed by atoms with Crippen molar-refractivity contribution in [2.45, 2.75) is 45.2 Å². The van der Waals surface area contributed by atoms with E-state index in [1.807, 2.05) is 13.8 Å². The molecular formula is C11H20N4O. The number of carbonyl (C=O) groups excluding carboxylic acids is 1. The smallest absolute Gasteiger partial charge is 0.237 e. The largest absolute Gasteiger partial charge is 0.347 e. The van der Waals surface area contributed by atoms with Crippen molar-refractivity contribution in [1.29, 1.82) is 0 Å². The highest BCUT2D eigenvalue weighted by molar-refractivity contribution is 5.81. The summed E-state index contributed by atoms with van der Waals surface area (Å²) >= 11 is 0. The predicted octanol–water partition coefficient (Wildman–Crippen LogP) is 1.10. The van der Waals surface area contributed by atoms with E-state index < -0.39 is 6.04 Å². The Balaban J connectivity index is 2.54. The van der Waals surface area contributed by atoms with Crippen LogP contribution < -0.4 is 11.1 Å². The lowest BCUT2D eigenvalue weighted by Crippen LogP contribution is -2.42. The van der Waals surface area contributed by atoms with Crippen LogP contribution in [0, 0.1) is 0 Å². The summed E-state index contributed by atoms with van der Waals surface area (Å²) in [5.74, 6) is 0.671. The zero-order valence-corrected chi connectivity index (χ0v) is 9.86. The van der Waals surface area contributed by atoms with E-state index in [4.69, 9.17) is 5.73 Å². The number of amides is 1. The lowest BCUT2D eigenvalue weighted by molar-refractivity contribution is -0.123. The van der Waals surface area contributed by atoms with Crippen molar-refractivity contribution in [3.8, 4) is 0 Å². The summed E-state index contributed by atoms with van der Waals surface area (Å²) in [6.07, 6.45) is 5.83. The van der Waals surface area contributed by atoms with Crippen LogP contribution in [0.1, 0.15) is 45.0 Å². The molecule has 0 aliphatic rings. The average Bonchev–Trinajstić information content (AvgIpc) is 2.79. The molecule has 1 rings (SSSR count). The Bertz CT molecular complexity index is 310. The number of nitrogens with zero attached hydrogens (tertiary/aromatic N) is 1. The van der Waals surface area contributed by atoms with Gasteiger partial charge in [0.05, 0.1) is 12.1 Å². The van der Waals surface area contributed by atoms with Crippen molar-refractivity contribution >= 4 is 5.91 Å². The predicted molar refractivity (Wildman–Crippen MR) is 62.6 cm³/mol. The minimum Gasteiger partial charge on any atom is -0.347 e. The molecule has 5 nitrogen and oxygen atoms in total. The van der Waals surface area contributed by atoms with E-state index >= 15 is 0 Å². The molecule has 0 spiro atoms. The first-order valence-corrected chi connectivity index (χ1v) is 5.74. The summed E-state index contributed by atoms with van der Waals surface area (Å²) in [5.41, 5.74) is 5.74. The third-order valence-corrected chi connectivity index (χ3v) is 2.51. The number of H-pyrrole nitrogens is 1. The van der Waals surface area contributed by atoms with Crippen molar-refractivity contribution < 1.29 is 4.79 Å². The number of carbonyl (C=O) groups is 1. The molecule has 2 unspecified atom stereocenters. The fourth-order valence-corrected chi connectivity index (χ4v) is 1.55. The van der Waals surface area contributed by atoms with Crippen LogP contribution in [0.25, 0.3) is 0 Å². The molecule has 1 amide bonds. The lowest BCUT2D eigenvalue weighted by Gasteiger charge is -2.17. The summed E-state index contributed by atoms with van der Waals surface area (Å²) in [5, 5.41) is 2.90. The topological polar surface area (TPSA) is 83.8 Å². The van der Waals surface area contributed by atoms with Gasteiger partial charge in [0.2, 0.25) is 5.91 Å². The second-order valence-corrected chi connectivity index (χ2v) is 3.84. The maximum atomic E-state index is 11.7. The first kappa shape index (κ1) is 12.7. The quantitative estimate of drug-likeness (QED) is 0.676. The minimum absolute atomic E-state index is 0.0783. The third kappa shape index (κ3) is 3.34. The fraction of sp³-hybridized carbons (Fsp3) is 0.636. The van der Waals surface area contributed by atoms with E-state index in [1.54, 1.807) is 12.4 Å². The Morgan fingerprint density at radius 1 is 1.62 bits per heavy atom. The van der Waals surface area contributed by atoms with Crippen LogP contribution in [0.4, 0.5) is 0 Å². The van der Waals surface area contributed by atoms with Crippen LogP contribution in [0.2, 0.25) is 0 Å². The molecule has 0 saturated carbocycles. The molecule has 4 N–H and O–H groups in total. The number of imidazole rings is 1. The van der Waals surface area contributed by atoms with Gasteiger partial charge in [-0.1, -0.05) is 20.3 Å². The maximum Gasteiger partial charge on any atom is 0.237 e. The van der Waals surface area contributed by atoms with Gasteiger partial charge in [0, 0.05) is 12.4 Å². The molecule has 5 heteroatoms. The Hall–Kier alpha value is -1.36. The molecule has 0 aromatic carbocycles. The minimum atomic E-state index is -0.422. The van der Waals surface area contributed by atoms with Gasteiger partial charge in [-0.3, -0.25) is 4.79 Å². The van der Waals surface area contributed by atoms with E-state index in [0.29, 0.717) is 6.42 Å². The highest BCUT2D eigenvalue weighted by Crippen LogP contribution is 2.11. The summed E-state index contributed by atoms with van der Waals surface area (Å²) in [6, 6.07) is -0.501. The first-order chi connectivity index (χ1) is 7.69. The number of rotatable bonds is 6. The Morgan fingerprint density at radius 2 is 2.38 bits per heavy atom. The standard InChI is InChI=1S/C11H20N4O/c1-3-5-8(12)11(16)15-9(4-2)10-13-6-7-14-10/h6-9H,3-5,12H2,1-2H3,(H,13,14)(H,15,16). The zero-order valence-electron chi connectivity index (χ0n) is 9.86. The van der Waals surface area contributed by atoms with Crippen molar-refractivity contribution in [3.05, 3.63) is 18.2 Å². The van der Waals surface area contributed by atoms with Crippen LogP contribution >= 0.6 is 0 Å². The van der Waals surface area contributed by atoms with E-state index in [1.165, 1.54) is 0 Å². The van der Waals surface area contributed by atoms with E-state index in [9.17, 15) is 4.79 Å². The molecule has 1 heterocycles. The summed E-state index contributed by atoms with van der Waals surface area (Å²) in [6.45, 7) is 4.01. The van der Waals surface area contributed by atoms with E-state index in [-0.39, 0.29) is 11.9 Å². The number of aromatic amines is 1. The van der Waals surface area contributed by atoms with E-state index in [2.05, 4.69) is 15.3 Å². The molecule has 16 heavy (non-hydrogen) atoms. The van der Waals surface area contributed by atoms with Gasteiger partial charge in [0.1, 0.15) is 5.82 Å². The zero-order chi connectivity index (χ0) is 12.0. The van der Waals surface area contributed by atoms with Crippen molar-refractivity contribution in [3.63, 3.8) is 0 Å². The van der Waals surface area contributed by atoms with Gasteiger partial charge in [0.25, 0.3) is 0 Å². The van der Waals surface area contributed by atoms with E-state index in [0.717, 1.165) is 18.7 Å². The van der Waals surface area contributed by atoms with Gasteiger partial charge >= 0.3 is 0 Å². The second-order valence-electron chi connectivity index (χ2n) is 3.84. The lowest BCUT2D eigenvalue weighted by atomic mass is 10.1. The van der Waals surface area contributed by atoms with Crippen LogP contribution in [0.5, 0.6) is 0 Å². The van der Waals surface area contributed by atoms with Crippen molar-refractivity contribution in [2.75, 3.05) is 0 Å². The summed E-state index contributed by atoms with van der Waals surface area (Å²) < 4.78 is 0. The van der Waals surface area contributed by atoms with Crippen LogP contribution in [-0.4, -0.2) is 21.9 Å². The molecule has 0 saturated heterocycles. The summed E-state index contributed by atoms with van der Waals surface area (Å²) in [4.78, 5) is 18.9. The highest BCUT2D eigenvalue weighted by atomic mass is 16.2. The fourth-order valence-electron chi connectivity index (χ4n) is 1.55. The van der Waals surface area contributed by atoms with Crippen LogP contribution in [0.15, 0.2) is 12.4 Å². The monoisotopic (exact) mass is 224 g/mol. The van der Waals surface area contributed by atoms with Crippen molar-refractivity contribution in [1.82, 2.24) is 15.3 Å². The van der Waals surface area contributed by atoms with Gasteiger partial charge in [-0.05, 0) is 12.8 Å².